The minimum atomic E-state index is -3.54. The summed E-state index contributed by atoms with van der Waals surface area (Å²) >= 11 is 0. The van der Waals surface area contributed by atoms with Crippen molar-refractivity contribution in [2.75, 3.05) is 20.3 Å². The summed E-state index contributed by atoms with van der Waals surface area (Å²) in [6.07, 6.45) is 4.51. The molecule has 1 saturated carbocycles. The van der Waals surface area contributed by atoms with E-state index in [-0.39, 0.29) is 17.3 Å². The Balaban J connectivity index is 1.91. The molecular weight excluding hydrogens is 342 g/mol. The third-order valence-corrected chi connectivity index (χ3v) is 5.96. The average molecular weight is 369 g/mol. The van der Waals surface area contributed by atoms with Crippen LogP contribution >= 0.6 is 0 Å². The maximum Gasteiger partial charge on any atom is 0.240 e. The lowest BCUT2D eigenvalue weighted by Crippen LogP contribution is -2.54. The molecule has 0 atom stereocenters. The van der Waals surface area contributed by atoms with E-state index < -0.39 is 15.6 Å². The van der Waals surface area contributed by atoms with Gasteiger partial charge in [0.2, 0.25) is 15.9 Å². The minimum absolute atomic E-state index is 0.134. The van der Waals surface area contributed by atoms with Crippen LogP contribution < -0.4 is 15.8 Å². The lowest BCUT2D eigenvalue weighted by atomic mass is 9.82. The van der Waals surface area contributed by atoms with E-state index in [0.717, 1.165) is 24.8 Å². The number of carbonyl (C=O) groups is 1. The summed E-state index contributed by atoms with van der Waals surface area (Å²) < 4.78 is 31.4. The molecule has 0 spiro atoms. The van der Waals surface area contributed by atoms with E-state index >= 15 is 0 Å². The van der Waals surface area contributed by atoms with Crippen LogP contribution in [0.2, 0.25) is 0 Å². The second kappa shape index (κ2) is 8.75. The fourth-order valence-corrected chi connectivity index (χ4v) is 3.93. The van der Waals surface area contributed by atoms with Crippen molar-refractivity contribution in [2.24, 2.45) is 5.73 Å². The largest absolute Gasteiger partial charge is 0.383 e. The highest BCUT2D eigenvalue weighted by Crippen LogP contribution is 2.26. The van der Waals surface area contributed by atoms with Crippen LogP contribution in [-0.4, -0.2) is 40.1 Å². The van der Waals surface area contributed by atoms with Gasteiger partial charge in [0.15, 0.2) is 0 Å². The number of rotatable bonds is 8. The Bertz CT molecular complexity index is 668. The first-order valence-corrected chi connectivity index (χ1v) is 10.0. The van der Waals surface area contributed by atoms with Gasteiger partial charge < -0.3 is 15.8 Å². The molecule has 0 aromatic heterocycles. The van der Waals surface area contributed by atoms with E-state index in [1.165, 1.54) is 19.2 Å². The third kappa shape index (κ3) is 5.50. The molecule has 8 heteroatoms. The SMILES string of the molecule is COCCNS(=O)(=O)c1ccc(CNC(=O)C2(N)CCCCC2)cc1. The molecule has 1 amide bonds. The summed E-state index contributed by atoms with van der Waals surface area (Å²) in [7, 11) is -2.03. The van der Waals surface area contributed by atoms with Gasteiger partial charge in [0.05, 0.1) is 17.0 Å². The molecule has 140 valence electrons. The van der Waals surface area contributed by atoms with Gasteiger partial charge in [0.1, 0.15) is 0 Å². The third-order valence-electron chi connectivity index (χ3n) is 4.48. The predicted octanol–water partition coefficient (Wildman–Crippen LogP) is 0.889. The van der Waals surface area contributed by atoms with Gasteiger partial charge in [-0.2, -0.15) is 0 Å². The molecule has 1 aromatic rings. The Morgan fingerprint density at radius 1 is 1.20 bits per heavy atom. The number of hydrogen-bond acceptors (Lipinski definition) is 5. The first-order chi connectivity index (χ1) is 11.9. The molecule has 7 nitrogen and oxygen atoms in total. The van der Waals surface area contributed by atoms with Crippen LogP contribution in [0.3, 0.4) is 0 Å². The normalized spacial score (nSPS) is 17.2. The van der Waals surface area contributed by atoms with E-state index in [1.54, 1.807) is 12.1 Å². The Labute approximate surface area is 149 Å². The van der Waals surface area contributed by atoms with Crippen LogP contribution in [0.15, 0.2) is 29.2 Å². The Hall–Kier alpha value is -1.48. The second-order valence-electron chi connectivity index (χ2n) is 6.43. The zero-order valence-corrected chi connectivity index (χ0v) is 15.4. The van der Waals surface area contributed by atoms with E-state index in [2.05, 4.69) is 10.0 Å². The zero-order valence-electron chi connectivity index (χ0n) is 14.6. The van der Waals surface area contributed by atoms with Gasteiger partial charge in [-0.05, 0) is 30.5 Å². The highest BCUT2D eigenvalue weighted by Gasteiger charge is 2.34. The molecule has 0 bridgehead atoms. The fourth-order valence-electron chi connectivity index (χ4n) is 2.92. The number of benzene rings is 1. The summed E-state index contributed by atoms with van der Waals surface area (Å²) in [6, 6.07) is 6.43. The molecule has 1 fully saturated rings. The number of nitrogens with two attached hydrogens (primary N) is 1. The molecule has 1 aromatic carbocycles. The average Bonchev–Trinajstić information content (AvgIpc) is 2.61. The quantitative estimate of drug-likeness (QED) is 0.590. The fraction of sp³-hybridized carbons (Fsp3) is 0.588. The monoisotopic (exact) mass is 369 g/mol. The maximum atomic E-state index is 12.3. The number of sulfonamides is 1. The Morgan fingerprint density at radius 2 is 1.84 bits per heavy atom. The van der Waals surface area contributed by atoms with Crippen molar-refractivity contribution in [1.82, 2.24) is 10.0 Å². The van der Waals surface area contributed by atoms with Crippen molar-refractivity contribution in [3.63, 3.8) is 0 Å². The van der Waals surface area contributed by atoms with Gasteiger partial charge in [0.25, 0.3) is 0 Å². The molecule has 25 heavy (non-hydrogen) atoms. The van der Waals surface area contributed by atoms with Crippen molar-refractivity contribution in [1.29, 1.82) is 0 Å². The predicted molar refractivity (Wildman–Crippen MR) is 95.4 cm³/mol. The molecule has 0 saturated heterocycles. The van der Waals surface area contributed by atoms with Crippen molar-refractivity contribution >= 4 is 15.9 Å². The highest BCUT2D eigenvalue weighted by molar-refractivity contribution is 7.89. The molecule has 1 aliphatic rings. The number of ether oxygens (including phenoxy) is 1. The van der Waals surface area contributed by atoms with Gasteiger partial charge in [0, 0.05) is 20.2 Å². The van der Waals surface area contributed by atoms with E-state index in [9.17, 15) is 13.2 Å². The summed E-state index contributed by atoms with van der Waals surface area (Å²) in [5.41, 5.74) is 6.25. The van der Waals surface area contributed by atoms with Crippen molar-refractivity contribution < 1.29 is 17.9 Å². The van der Waals surface area contributed by atoms with Crippen LogP contribution in [-0.2, 0) is 26.1 Å². The minimum Gasteiger partial charge on any atom is -0.383 e. The number of amides is 1. The Morgan fingerprint density at radius 3 is 2.44 bits per heavy atom. The lowest BCUT2D eigenvalue weighted by molar-refractivity contribution is -0.127. The highest BCUT2D eigenvalue weighted by atomic mass is 32.2. The molecule has 1 aliphatic carbocycles. The number of nitrogens with one attached hydrogen (secondary N) is 2. The zero-order chi connectivity index (χ0) is 18.3. The van der Waals surface area contributed by atoms with E-state index in [4.69, 9.17) is 10.5 Å². The van der Waals surface area contributed by atoms with Crippen LogP contribution in [0.1, 0.15) is 37.7 Å². The molecule has 4 N–H and O–H groups in total. The summed E-state index contributed by atoms with van der Waals surface area (Å²) in [5.74, 6) is -0.134. The molecular formula is C17H27N3O4S. The smallest absolute Gasteiger partial charge is 0.240 e. The molecule has 0 aliphatic heterocycles. The van der Waals surface area contributed by atoms with Gasteiger partial charge in [-0.3, -0.25) is 4.79 Å². The maximum absolute atomic E-state index is 12.3. The summed E-state index contributed by atoms with van der Waals surface area (Å²) in [4.78, 5) is 12.5. The molecule has 0 heterocycles. The Kier molecular flexibility index (Phi) is 6.95. The number of carbonyl (C=O) groups excluding carboxylic acids is 1. The summed E-state index contributed by atoms with van der Waals surface area (Å²) in [5, 5.41) is 2.86. The van der Waals surface area contributed by atoms with Gasteiger partial charge in [-0.1, -0.05) is 31.4 Å². The van der Waals surface area contributed by atoms with E-state index in [0.29, 0.717) is 26.0 Å². The summed E-state index contributed by atoms with van der Waals surface area (Å²) in [6.45, 7) is 0.856. The van der Waals surface area contributed by atoms with Crippen LogP contribution in [0.4, 0.5) is 0 Å². The molecule has 2 rings (SSSR count). The topological polar surface area (TPSA) is 111 Å². The lowest BCUT2D eigenvalue weighted by Gasteiger charge is -2.31. The van der Waals surface area contributed by atoms with Crippen LogP contribution in [0.5, 0.6) is 0 Å². The van der Waals surface area contributed by atoms with Crippen LogP contribution in [0, 0.1) is 0 Å². The first kappa shape index (κ1) is 19.8. The van der Waals surface area contributed by atoms with Crippen molar-refractivity contribution in [2.45, 2.75) is 49.1 Å². The van der Waals surface area contributed by atoms with Gasteiger partial charge >= 0.3 is 0 Å². The number of hydrogen-bond donors (Lipinski definition) is 3. The van der Waals surface area contributed by atoms with E-state index in [1.807, 2.05) is 0 Å². The molecule has 0 radical (unpaired) electrons. The van der Waals surface area contributed by atoms with Crippen molar-refractivity contribution in [3.05, 3.63) is 29.8 Å². The van der Waals surface area contributed by atoms with Gasteiger partial charge in [-0.15, -0.1) is 0 Å². The van der Waals surface area contributed by atoms with Crippen LogP contribution in [0.25, 0.3) is 0 Å². The second-order valence-corrected chi connectivity index (χ2v) is 8.20. The molecule has 0 unspecified atom stereocenters. The first-order valence-electron chi connectivity index (χ1n) is 8.52. The number of methoxy groups -OCH3 is 1. The van der Waals surface area contributed by atoms with Crippen molar-refractivity contribution in [3.8, 4) is 0 Å². The van der Waals surface area contributed by atoms with Gasteiger partial charge in [-0.25, -0.2) is 13.1 Å². The standard InChI is InChI=1S/C17H27N3O4S/c1-24-12-11-20-25(22,23)15-7-5-14(6-8-15)13-19-16(21)17(18)9-3-2-4-10-17/h5-8,20H,2-4,9-13,18H2,1H3,(H,19,21).